The van der Waals surface area contributed by atoms with E-state index in [1.165, 1.54) is 19.3 Å². The third kappa shape index (κ3) is 4.49. The summed E-state index contributed by atoms with van der Waals surface area (Å²) in [5.74, 6) is 0.997. The van der Waals surface area contributed by atoms with Gasteiger partial charge in [-0.3, -0.25) is 0 Å². The van der Waals surface area contributed by atoms with Gasteiger partial charge in [-0.05, 0) is 78.0 Å². The van der Waals surface area contributed by atoms with Gasteiger partial charge in [0.2, 0.25) is 0 Å². The van der Waals surface area contributed by atoms with Gasteiger partial charge in [-0.2, -0.15) is 0 Å². The van der Waals surface area contributed by atoms with E-state index in [9.17, 15) is 4.21 Å². The van der Waals surface area contributed by atoms with E-state index in [4.69, 9.17) is 9.97 Å². The molecule has 1 saturated heterocycles. The van der Waals surface area contributed by atoms with Gasteiger partial charge in [0.05, 0.1) is 32.5 Å². The van der Waals surface area contributed by atoms with Crippen molar-refractivity contribution >= 4 is 27.8 Å². The third-order valence-corrected chi connectivity index (χ3v) is 6.74. The fraction of sp³-hybridized carbons (Fsp3) is 0.619. The minimum Gasteiger partial charge on any atom is -0.355 e. The van der Waals surface area contributed by atoms with Crippen molar-refractivity contribution in [3.05, 3.63) is 29.0 Å². The zero-order valence-electron chi connectivity index (χ0n) is 17.4. The smallest absolute Gasteiger partial charge is 0.150 e. The van der Waals surface area contributed by atoms with Gasteiger partial charge in [0.1, 0.15) is 0 Å². The summed E-state index contributed by atoms with van der Waals surface area (Å²) in [5, 5.41) is 0. The van der Waals surface area contributed by atoms with Crippen molar-refractivity contribution in [1.82, 2.24) is 14.7 Å². The summed E-state index contributed by atoms with van der Waals surface area (Å²) >= 11 is 0. The first-order valence-corrected chi connectivity index (χ1v) is 11.0. The van der Waals surface area contributed by atoms with Crippen LogP contribution in [0, 0.1) is 13.8 Å². The summed E-state index contributed by atoms with van der Waals surface area (Å²) in [5.41, 5.74) is 5.02. The van der Waals surface area contributed by atoms with Crippen molar-refractivity contribution in [2.24, 2.45) is 0 Å². The predicted molar refractivity (Wildman–Crippen MR) is 115 cm³/mol. The van der Waals surface area contributed by atoms with Crippen LogP contribution in [0.1, 0.15) is 69.8 Å². The number of nitrogens with zero attached hydrogens (tertiary/aromatic N) is 3. The van der Waals surface area contributed by atoms with Gasteiger partial charge in [-0.1, -0.05) is 6.07 Å². The summed E-state index contributed by atoms with van der Waals surface area (Å²) in [7, 11) is -1.14. The van der Waals surface area contributed by atoms with Crippen molar-refractivity contribution in [2.75, 3.05) is 18.0 Å². The van der Waals surface area contributed by atoms with Crippen molar-refractivity contribution in [3.8, 4) is 0 Å². The van der Waals surface area contributed by atoms with Crippen LogP contribution in [0.2, 0.25) is 0 Å². The average Bonchev–Trinajstić information content (AvgIpc) is 2.60. The number of nitrogens with one attached hydrogen (secondary N) is 1. The molecule has 0 aliphatic carbocycles. The van der Waals surface area contributed by atoms with E-state index in [0.717, 1.165) is 46.8 Å². The van der Waals surface area contributed by atoms with Gasteiger partial charge in [0, 0.05) is 19.1 Å². The van der Waals surface area contributed by atoms with Crippen LogP contribution in [0.5, 0.6) is 0 Å². The molecule has 1 N–H and O–H groups in total. The molecule has 2 heterocycles. The summed E-state index contributed by atoms with van der Waals surface area (Å²) in [6.45, 7) is 14.2. The Hall–Kier alpha value is -1.53. The maximum absolute atomic E-state index is 12.6. The van der Waals surface area contributed by atoms with Crippen molar-refractivity contribution in [2.45, 2.75) is 71.6 Å². The lowest BCUT2D eigenvalue weighted by molar-refractivity contribution is 0.572. The van der Waals surface area contributed by atoms with Crippen molar-refractivity contribution in [3.63, 3.8) is 0 Å². The number of benzene rings is 1. The minimum absolute atomic E-state index is 0.0707. The Labute approximate surface area is 165 Å². The second kappa shape index (κ2) is 7.84. The van der Waals surface area contributed by atoms with Crippen LogP contribution in [-0.2, 0) is 11.0 Å². The molecule has 27 heavy (non-hydrogen) atoms. The predicted octanol–water partition coefficient (Wildman–Crippen LogP) is 4.35. The number of aromatic nitrogens is 2. The molecule has 2 atom stereocenters. The molecule has 0 amide bonds. The summed E-state index contributed by atoms with van der Waals surface area (Å²) in [6, 6.07) is 4.16. The minimum atomic E-state index is -1.14. The first-order chi connectivity index (χ1) is 12.7. The summed E-state index contributed by atoms with van der Waals surface area (Å²) in [4.78, 5) is 12.3. The molecule has 1 fully saturated rings. The Kier molecular flexibility index (Phi) is 5.87. The molecule has 148 valence electrons. The van der Waals surface area contributed by atoms with Crippen LogP contribution in [0.15, 0.2) is 12.1 Å². The van der Waals surface area contributed by atoms with Gasteiger partial charge in [-0.25, -0.2) is 18.9 Å². The van der Waals surface area contributed by atoms with Gasteiger partial charge in [0.15, 0.2) is 5.82 Å². The number of fused-ring (bicyclic) bond motifs is 1. The van der Waals surface area contributed by atoms with Crippen LogP contribution >= 0.6 is 0 Å². The molecule has 3 rings (SSSR count). The first-order valence-electron chi connectivity index (χ1n) is 9.88. The molecular weight excluding hydrogens is 356 g/mol. The number of anilines is 1. The fourth-order valence-corrected chi connectivity index (χ4v) is 4.35. The van der Waals surface area contributed by atoms with E-state index in [2.05, 4.69) is 42.5 Å². The monoisotopic (exact) mass is 388 g/mol. The highest BCUT2D eigenvalue weighted by molar-refractivity contribution is 7.84. The molecule has 1 aliphatic rings. The van der Waals surface area contributed by atoms with E-state index < -0.39 is 11.0 Å². The molecule has 2 aromatic rings. The lowest BCUT2D eigenvalue weighted by Crippen LogP contribution is -2.35. The van der Waals surface area contributed by atoms with Crippen LogP contribution < -0.4 is 9.62 Å². The maximum Gasteiger partial charge on any atom is 0.150 e. The number of hydrogen-bond acceptors (Lipinski definition) is 4. The molecule has 6 heteroatoms. The quantitative estimate of drug-likeness (QED) is 0.846. The lowest BCUT2D eigenvalue weighted by atomic mass is 10.0. The van der Waals surface area contributed by atoms with E-state index in [-0.39, 0.29) is 10.8 Å². The van der Waals surface area contributed by atoms with E-state index in [1.807, 2.05) is 20.8 Å². The second-order valence-electron chi connectivity index (χ2n) is 8.62. The highest BCUT2D eigenvalue weighted by Gasteiger charge is 2.24. The standard InChI is InChI=1S/C21H32N4OS/c1-14-12-17(15(2)24-27(26)21(4,5)6)19-18(13-14)22-16(3)20(23-19)25-10-8-7-9-11-25/h12-13,15,24H,7-11H2,1-6H3/t15-,27-/m1/s1. The SMILES string of the molecule is Cc1cc([C@@H](C)N[S@](=O)C(C)(C)C)c2nc(N3CCCCC3)c(C)nc2c1. The molecule has 0 bridgehead atoms. The highest BCUT2D eigenvalue weighted by atomic mass is 32.2. The van der Waals surface area contributed by atoms with Crippen LogP contribution in [0.4, 0.5) is 5.82 Å². The molecule has 1 aliphatic heterocycles. The molecule has 0 spiro atoms. The fourth-order valence-electron chi connectivity index (χ4n) is 3.55. The van der Waals surface area contributed by atoms with Crippen molar-refractivity contribution in [1.29, 1.82) is 0 Å². The molecule has 0 unspecified atom stereocenters. The zero-order valence-corrected chi connectivity index (χ0v) is 18.2. The van der Waals surface area contributed by atoms with Crippen LogP contribution in [0.3, 0.4) is 0 Å². The van der Waals surface area contributed by atoms with E-state index >= 15 is 0 Å². The number of hydrogen-bond donors (Lipinski definition) is 1. The topological polar surface area (TPSA) is 58.1 Å². The molecule has 5 nitrogen and oxygen atoms in total. The van der Waals surface area contributed by atoms with Crippen LogP contribution in [0.25, 0.3) is 11.0 Å². The molecule has 0 saturated carbocycles. The van der Waals surface area contributed by atoms with Gasteiger partial charge < -0.3 is 4.90 Å². The normalized spacial score (nSPS) is 17.9. The Morgan fingerprint density at radius 2 is 1.78 bits per heavy atom. The Morgan fingerprint density at radius 1 is 1.11 bits per heavy atom. The van der Waals surface area contributed by atoms with Gasteiger partial charge >= 0.3 is 0 Å². The van der Waals surface area contributed by atoms with Crippen molar-refractivity contribution < 1.29 is 4.21 Å². The van der Waals surface area contributed by atoms with E-state index in [0.29, 0.717) is 0 Å². The summed E-state index contributed by atoms with van der Waals surface area (Å²) < 4.78 is 15.5. The Balaban J connectivity index is 2.04. The molecular formula is C21H32N4OS. The molecule has 1 aromatic heterocycles. The Morgan fingerprint density at radius 3 is 2.41 bits per heavy atom. The van der Waals surface area contributed by atoms with E-state index in [1.54, 1.807) is 0 Å². The third-order valence-electron chi connectivity index (χ3n) is 5.06. The number of aryl methyl sites for hydroxylation is 2. The maximum atomic E-state index is 12.6. The summed E-state index contributed by atoms with van der Waals surface area (Å²) in [6.07, 6.45) is 3.71. The Bertz CT molecular complexity index is 853. The number of rotatable bonds is 4. The van der Waals surface area contributed by atoms with Gasteiger partial charge in [-0.15, -0.1) is 0 Å². The first kappa shape index (κ1) is 20.2. The lowest BCUT2D eigenvalue weighted by Gasteiger charge is -2.29. The van der Waals surface area contributed by atoms with Gasteiger partial charge in [0.25, 0.3) is 0 Å². The molecule has 0 radical (unpaired) electrons. The second-order valence-corrected chi connectivity index (χ2v) is 10.6. The average molecular weight is 389 g/mol. The van der Waals surface area contributed by atoms with Crippen LogP contribution in [-0.4, -0.2) is 32.0 Å². The highest BCUT2D eigenvalue weighted by Crippen LogP contribution is 2.29. The zero-order chi connectivity index (χ0) is 19.8. The number of piperidine rings is 1. The largest absolute Gasteiger partial charge is 0.355 e. The molecule has 1 aromatic carbocycles.